The van der Waals surface area contributed by atoms with Crippen LogP contribution < -0.4 is 24.8 Å². The molecule has 7 aliphatic rings. The van der Waals surface area contributed by atoms with Gasteiger partial charge in [-0.25, -0.2) is 18.2 Å². The van der Waals surface area contributed by atoms with Crippen LogP contribution in [0.25, 0.3) is 17.0 Å². The Kier molecular flexibility index (Phi) is 9.99. The van der Waals surface area contributed by atoms with E-state index in [1.54, 1.807) is 18.1 Å². The van der Waals surface area contributed by atoms with E-state index in [1.165, 1.54) is 11.0 Å². The van der Waals surface area contributed by atoms with Crippen molar-refractivity contribution in [1.29, 1.82) is 0 Å². The molecule has 3 aliphatic carbocycles. The van der Waals surface area contributed by atoms with Crippen LogP contribution in [0.5, 0.6) is 11.6 Å². The van der Waals surface area contributed by atoms with Crippen LogP contribution in [-0.2, 0) is 29.1 Å². The van der Waals surface area contributed by atoms with Gasteiger partial charge in [-0.2, -0.15) is 0 Å². The highest BCUT2D eigenvalue weighted by molar-refractivity contribution is 7.91. The molecular formula is C39H48N6O9S. The molecule has 5 fully saturated rings. The second kappa shape index (κ2) is 14.8. The molecule has 3 saturated carbocycles. The number of hydrogen-bond acceptors (Lipinski definition) is 10. The second-order valence-electron chi connectivity index (χ2n) is 15.7. The fourth-order valence-electron chi connectivity index (χ4n) is 8.37. The molecular weight excluding hydrogens is 729 g/mol. The molecule has 9 rings (SSSR count). The molecule has 1 aromatic carbocycles. The highest BCUT2D eigenvalue weighted by atomic mass is 32.2. The van der Waals surface area contributed by atoms with E-state index >= 15 is 0 Å². The van der Waals surface area contributed by atoms with Crippen molar-refractivity contribution in [3.8, 4) is 11.6 Å². The Morgan fingerprint density at radius 3 is 2.56 bits per heavy atom. The van der Waals surface area contributed by atoms with Gasteiger partial charge in [0.25, 0.3) is 5.91 Å². The number of aromatic nitrogens is 1. The predicted molar refractivity (Wildman–Crippen MR) is 201 cm³/mol. The number of rotatable bonds is 8. The molecule has 16 heteroatoms. The average molecular weight is 777 g/mol. The van der Waals surface area contributed by atoms with E-state index in [0.29, 0.717) is 55.2 Å². The van der Waals surface area contributed by atoms with E-state index in [-0.39, 0.29) is 37.4 Å². The molecule has 294 valence electrons. The SMILES string of the molecule is C=C[C@H]1C[C@]1(NC(=O)[C@@H]1C[C@@H]2CN1C(=O)[C@H](C1CCCCC1)NC(=O)N1CC(C1)OC/C=C/c1cc3ccc(OC)cc3nc1O2)C(=O)NS(=O)(=O)C1CC1. The highest BCUT2D eigenvalue weighted by Crippen LogP contribution is 2.45. The van der Waals surface area contributed by atoms with E-state index < -0.39 is 62.6 Å². The summed E-state index contributed by atoms with van der Waals surface area (Å²) in [6.07, 6.45) is 9.88. The lowest BCUT2D eigenvalue weighted by molar-refractivity contribution is -0.142. The highest BCUT2D eigenvalue weighted by Gasteiger charge is 2.62. The Balaban J connectivity index is 1.14. The van der Waals surface area contributed by atoms with Gasteiger partial charge in [-0.1, -0.05) is 37.5 Å². The minimum absolute atomic E-state index is 0.00599. The van der Waals surface area contributed by atoms with Crippen molar-refractivity contribution in [1.82, 2.24) is 30.1 Å². The van der Waals surface area contributed by atoms with Crippen LogP contribution in [0.15, 0.2) is 43.0 Å². The molecule has 5 heterocycles. The maximum atomic E-state index is 14.8. The molecule has 0 spiro atoms. The number of amides is 5. The lowest BCUT2D eigenvalue weighted by Gasteiger charge is -2.41. The Hall–Kier alpha value is -4.70. The van der Waals surface area contributed by atoms with Crippen LogP contribution in [0.4, 0.5) is 4.79 Å². The first-order chi connectivity index (χ1) is 26.5. The summed E-state index contributed by atoms with van der Waals surface area (Å²) >= 11 is 0. The van der Waals surface area contributed by atoms with Gasteiger partial charge in [-0.15, -0.1) is 6.58 Å². The first-order valence-electron chi connectivity index (χ1n) is 19.3. The molecule has 5 amide bonds. The minimum Gasteiger partial charge on any atom is -0.497 e. The van der Waals surface area contributed by atoms with Gasteiger partial charge >= 0.3 is 6.03 Å². The maximum Gasteiger partial charge on any atom is 0.318 e. The zero-order valence-electron chi connectivity index (χ0n) is 30.9. The number of urea groups is 1. The van der Waals surface area contributed by atoms with Crippen molar-refractivity contribution in [2.45, 2.75) is 92.9 Å². The lowest BCUT2D eigenvalue weighted by atomic mass is 9.83. The normalized spacial score (nSPS) is 30.5. The number of pyridine rings is 1. The fourth-order valence-corrected chi connectivity index (χ4v) is 9.73. The number of sulfonamides is 1. The van der Waals surface area contributed by atoms with E-state index in [1.807, 2.05) is 30.4 Å². The average Bonchev–Trinajstić information content (AvgIpc) is 4.09. The topological polar surface area (TPSA) is 186 Å². The minimum atomic E-state index is -3.89. The molecule has 55 heavy (non-hydrogen) atoms. The standard InChI is InChI=1S/C39H48N6O9S/c1-3-26-19-39(26,37(48)43-55(50,51)30-13-14-30)42-34(46)32-18-28-22-45(32)36(47)33(23-8-5-4-6-9-23)41-38(49)44-20-29(21-44)53-15-7-10-25-16-24-11-12-27(52-2)17-31(24)40-35(25)54-28/h3,7,10-12,16-17,23,26,28-30,32-33H,1,4-6,8-9,13-15,18-22H2,2H3,(H,41,49)(H,42,46)(H,43,48)/b10-7+/t26-,28+,32-,33-,39+/m0/s1. The van der Waals surface area contributed by atoms with Crippen LogP contribution in [0, 0.1) is 11.8 Å². The van der Waals surface area contributed by atoms with Crippen molar-refractivity contribution >= 4 is 50.8 Å². The molecule has 2 aromatic rings. The second-order valence-corrected chi connectivity index (χ2v) is 17.7. The third-order valence-electron chi connectivity index (χ3n) is 11.9. The number of nitrogens with zero attached hydrogens (tertiary/aromatic N) is 3. The zero-order chi connectivity index (χ0) is 38.5. The molecule has 0 unspecified atom stereocenters. The molecule has 3 N–H and O–H groups in total. The summed E-state index contributed by atoms with van der Waals surface area (Å²) in [6, 6.07) is 5.12. The van der Waals surface area contributed by atoms with Crippen molar-refractivity contribution < 1.29 is 41.8 Å². The van der Waals surface area contributed by atoms with Crippen LogP contribution in [0.1, 0.15) is 63.4 Å². The van der Waals surface area contributed by atoms with E-state index in [0.717, 1.165) is 37.5 Å². The van der Waals surface area contributed by atoms with Crippen molar-refractivity contribution in [3.05, 3.63) is 48.6 Å². The van der Waals surface area contributed by atoms with Gasteiger partial charge in [0.1, 0.15) is 29.5 Å². The number of benzene rings is 1. The molecule has 0 radical (unpaired) electrons. The summed E-state index contributed by atoms with van der Waals surface area (Å²) in [5.74, 6) is -1.59. The Morgan fingerprint density at radius 1 is 1.07 bits per heavy atom. The quantitative estimate of drug-likeness (QED) is 0.337. The maximum absolute atomic E-state index is 14.8. The summed E-state index contributed by atoms with van der Waals surface area (Å²) < 4.78 is 45.8. The Morgan fingerprint density at radius 2 is 1.85 bits per heavy atom. The van der Waals surface area contributed by atoms with E-state index in [4.69, 9.17) is 19.2 Å². The van der Waals surface area contributed by atoms with Crippen LogP contribution in [0.3, 0.4) is 0 Å². The number of carbonyl (C=O) groups excluding carboxylic acids is 4. The summed E-state index contributed by atoms with van der Waals surface area (Å²) in [4.78, 5) is 64.4. The summed E-state index contributed by atoms with van der Waals surface area (Å²) in [6.45, 7) is 4.86. The summed E-state index contributed by atoms with van der Waals surface area (Å²) in [7, 11) is -2.32. The summed E-state index contributed by atoms with van der Waals surface area (Å²) in [5.41, 5.74) is -0.240. The Bertz CT molecular complexity index is 2030. The molecule has 4 aliphatic heterocycles. The largest absolute Gasteiger partial charge is 0.497 e. The molecule has 1 aromatic heterocycles. The van der Waals surface area contributed by atoms with Crippen molar-refractivity contribution in [3.63, 3.8) is 0 Å². The van der Waals surface area contributed by atoms with Crippen LogP contribution >= 0.6 is 0 Å². The molecule has 4 bridgehead atoms. The van der Waals surface area contributed by atoms with Crippen LogP contribution in [0.2, 0.25) is 0 Å². The van der Waals surface area contributed by atoms with Gasteiger partial charge in [-0.3, -0.25) is 19.1 Å². The third-order valence-corrected chi connectivity index (χ3v) is 13.7. The molecule has 2 saturated heterocycles. The molecule has 5 atom stereocenters. The number of methoxy groups -OCH3 is 1. The number of fused-ring (bicyclic) bond motifs is 6. The number of ether oxygens (including phenoxy) is 3. The fraction of sp³-hybridized carbons (Fsp3) is 0.564. The predicted octanol–water partition coefficient (Wildman–Crippen LogP) is 2.65. The van der Waals surface area contributed by atoms with Gasteiger partial charge in [0.15, 0.2) is 0 Å². The first-order valence-corrected chi connectivity index (χ1v) is 20.8. The Labute approximate surface area is 320 Å². The lowest BCUT2D eigenvalue weighted by Crippen LogP contribution is -2.63. The summed E-state index contributed by atoms with van der Waals surface area (Å²) in [5, 5.41) is 6.10. The van der Waals surface area contributed by atoms with Gasteiger partial charge in [0, 0.05) is 29.4 Å². The van der Waals surface area contributed by atoms with Gasteiger partial charge < -0.3 is 34.6 Å². The van der Waals surface area contributed by atoms with Crippen molar-refractivity contribution in [2.75, 3.05) is 33.4 Å². The van der Waals surface area contributed by atoms with Gasteiger partial charge in [0.2, 0.25) is 27.7 Å². The number of hydrogen-bond donors (Lipinski definition) is 3. The number of nitrogens with one attached hydrogen (secondary N) is 3. The smallest absolute Gasteiger partial charge is 0.318 e. The first kappa shape index (κ1) is 37.2. The zero-order valence-corrected chi connectivity index (χ0v) is 31.7. The van der Waals surface area contributed by atoms with E-state index in [9.17, 15) is 27.6 Å². The molecule has 15 nitrogen and oxygen atoms in total. The van der Waals surface area contributed by atoms with Gasteiger partial charge in [0.05, 0.1) is 50.2 Å². The third kappa shape index (κ3) is 7.50. The monoisotopic (exact) mass is 776 g/mol. The van der Waals surface area contributed by atoms with Gasteiger partial charge in [-0.05, 0) is 56.2 Å². The van der Waals surface area contributed by atoms with Crippen molar-refractivity contribution in [2.24, 2.45) is 11.8 Å². The van der Waals surface area contributed by atoms with Crippen LogP contribution in [-0.4, -0.2) is 115 Å². The number of carbonyl (C=O) groups is 4. The van der Waals surface area contributed by atoms with E-state index in [2.05, 4.69) is 21.9 Å².